The predicted molar refractivity (Wildman–Crippen MR) is 87.1 cm³/mol. The highest BCUT2D eigenvalue weighted by Gasteiger charge is 2.15. The van der Waals surface area contributed by atoms with Gasteiger partial charge in [0.15, 0.2) is 0 Å². The molecule has 0 bridgehead atoms. The van der Waals surface area contributed by atoms with E-state index in [1.807, 2.05) is 30.1 Å². The first-order valence-corrected chi connectivity index (χ1v) is 7.84. The second-order valence-corrected chi connectivity index (χ2v) is 5.93. The Labute approximate surface area is 132 Å². The van der Waals surface area contributed by atoms with E-state index in [1.165, 1.54) is 6.07 Å². The smallest absolute Gasteiger partial charge is 0.124 e. The number of imidazole rings is 1. The molecule has 0 saturated heterocycles. The molecule has 108 valence electrons. The number of halogens is 2. The molecular formula is C15H19FIN3. The fourth-order valence-electron chi connectivity index (χ4n) is 2.31. The topological polar surface area (TPSA) is 29.9 Å². The van der Waals surface area contributed by atoms with Gasteiger partial charge in [-0.2, -0.15) is 0 Å². The molecule has 5 heteroatoms. The lowest BCUT2D eigenvalue weighted by Gasteiger charge is -2.19. The lowest BCUT2D eigenvalue weighted by molar-refractivity contribution is 0.502. The van der Waals surface area contributed by atoms with Gasteiger partial charge in [-0.25, -0.2) is 9.37 Å². The minimum Gasteiger partial charge on any atom is -0.338 e. The number of hydrogen-bond acceptors (Lipinski definition) is 2. The van der Waals surface area contributed by atoms with Crippen LogP contribution in [0.15, 0.2) is 30.6 Å². The van der Waals surface area contributed by atoms with Gasteiger partial charge in [0, 0.05) is 35.5 Å². The Bertz CT molecular complexity index is 568. The number of hydrogen-bond donors (Lipinski definition) is 1. The number of benzene rings is 1. The summed E-state index contributed by atoms with van der Waals surface area (Å²) in [6, 6.07) is 5.22. The monoisotopic (exact) mass is 387 g/mol. The molecule has 20 heavy (non-hydrogen) atoms. The van der Waals surface area contributed by atoms with E-state index in [0.717, 1.165) is 34.3 Å². The summed E-state index contributed by atoms with van der Waals surface area (Å²) in [7, 11) is 2.01. The third-order valence-electron chi connectivity index (χ3n) is 3.37. The molecule has 1 unspecified atom stereocenters. The summed E-state index contributed by atoms with van der Waals surface area (Å²) in [4.78, 5) is 4.35. The van der Waals surface area contributed by atoms with E-state index < -0.39 is 0 Å². The summed E-state index contributed by atoms with van der Waals surface area (Å²) >= 11 is 2.20. The van der Waals surface area contributed by atoms with Crippen molar-refractivity contribution in [2.24, 2.45) is 7.05 Å². The van der Waals surface area contributed by atoms with E-state index in [9.17, 15) is 4.39 Å². The molecule has 1 atom stereocenters. The van der Waals surface area contributed by atoms with Gasteiger partial charge in [0.1, 0.15) is 11.6 Å². The molecule has 0 amide bonds. The highest BCUT2D eigenvalue weighted by molar-refractivity contribution is 14.1. The van der Waals surface area contributed by atoms with Gasteiger partial charge in [0.25, 0.3) is 0 Å². The molecule has 0 saturated carbocycles. The van der Waals surface area contributed by atoms with E-state index in [2.05, 4.69) is 39.8 Å². The minimum absolute atomic E-state index is 0.183. The van der Waals surface area contributed by atoms with E-state index >= 15 is 0 Å². The normalized spacial score (nSPS) is 12.6. The summed E-state index contributed by atoms with van der Waals surface area (Å²) < 4.78 is 16.2. The van der Waals surface area contributed by atoms with Gasteiger partial charge in [-0.05, 0) is 53.3 Å². The van der Waals surface area contributed by atoms with E-state index in [0.29, 0.717) is 0 Å². The maximum Gasteiger partial charge on any atom is 0.124 e. The van der Waals surface area contributed by atoms with Crippen LogP contribution < -0.4 is 5.32 Å². The zero-order valence-electron chi connectivity index (χ0n) is 11.7. The molecule has 0 spiro atoms. The first kappa shape index (κ1) is 15.4. The molecule has 0 radical (unpaired) electrons. The van der Waals surface area contributed by atoms with Crippen LogP contribution in [0.4, 0.5) is 4.39 Å². The quantitative estimate of drug-likeness (QED) is 0.770. The minimum atomic E-state index is -0.183. The van der Waals surface area contributed by atoms with Gasteiger partial charge in [-0.15, -0.1) is 0 Å². The van der Waals surface area contributed by atoms with Crippen molar-refractivity contribution in [3.05, 3.63) is 51.4 Å². The standard InChI is InChI=1S/C15H19FIN3/c1-3-18-14(6-7-15-19-8-9-20(15)2)12-5-4-11(16)10-13(12)17/h4-5,8-10,14,18H,3,6-7H2,1-2H3. The molecule has 1 aromatic heterocycles. The van der Waals surface area contributed by atoms with Gasteiger partial charge in [0.05, 0.1) is 0 Å². The van der Waals surface area contributed by atoms with Crippen LogP contribution in [0, 0.1) is 9.39 Å². The number of rotatable bonds is 6. The molecule has 2 aromatic rings. The average Bonchev–Trinajstić information content (AvgIpc) is 2.81. The number of aromatic nitrogens is 2. The Balaban J connectivity index is 2.12. The van der Waals surface area contributed by atoms with Crippen LogP contribution >= 0.6 is 22.6 Å². The SMILES string of the molecule is CCNC(CCc1nccn1C)c1ccc(F)cc1I. The Kier molecular flexibility index (Phi) is 5.54. The van der Waals surface area contributed by atoms with Crippen molar-refractivity contribution in [2.75, 3.05) is 6.54 Å². The number of nitrogens with one attached hydrogen (secondary N) is 1. The van der Waals surface area contributed by atoms with Crippen LogP contribution in [0.25, 0.3) is 0 Å². The fourth-order valence-corrected chi connectivity index (χ4v) is 3.16. The highest BCUT2D eigenvalue weighted by Crippen LogP contribution is 2.24. The van der Waals surface area contributed by atoms with Crippen molar-refractivity contribution in [1.29, 1.82) is 0 Å². The van der Waals surface area contributed by atoms with E-state index in [4.69, 9.17) is 0 Å². The van der Waals surface area contributed by atoms with Gasteiger partial charge in [-0.3, -0.25) is 0 Å². The second kappa shape index (κ2) is 7.17. The number of nitrogens with zero attached hydrogens (tertiary/aromatic N) is 2. The molecule has 0 fully saturated rings. The van der Waals surface area contributed by atoms with Crippen LogP contribution in [-0.4, -0.2) is 16.1 Å². The molecule has 0 aliphatic carbocycles. The molecule has 2 rings (SSSR count). The zero-order chi connectivity index (χ0) is 14.5. The van der Waals surface area contributed by atoms with Crippen molar-refractivity contribution in [1.82, 2.24) is 14.9 Å². The average molecular weight is 387 g/mol. The highest BCUT2D eigenvalue weighted by atomic mass is 127. The second-order valence-electron chi connectivity index (χ2n) is 4.77. The predicted octanol–water partition coefficient (Wildman–Crippen LogP) is 3.45. The summed E-state index contributed by atoms with van der Waals surface area (Å²) in [6.45, 7) is 2.98. The van der Waals surface area contributed by atoms with Crippen LogP contribution in [0.1, 0.15) is 30.8 Å². The molecule has 3 nitrogen and oxygen atoms in total. The number of aryl methyl sites for hydroxylation is 2. The van der Waals surface area contributed by atoms with Gasteiger partial charge < -0.3 is 9.88 Å². The van der Waals surface area contributed by atoms with E-state index in [1.54, 1.807) is 6.07 Å². The summed E-state index contributed by atoms with van der Waals surface area (Å²) in [6.07, 6.45) is 5.62. The molecule has 0 aliphatic rings. The lowest BCUT2D eigenvalue weighted by atomic mass is 10.0. The van der Waals surface area contributed by atoms with Crippen LogP contribution in [0.3, 0.4) is 0 Å². The van der Waals surface area contributed by atoms with E-state index in [-0.39, 0.29) is 11.9 Å². The van der Waals surface area contributed by atoms with Crippen molar-refractivity contribution in [3.63, 3.8) is 0 Å². The first-order valence-electron chi connectivity index (χ1n) is 6.76. The van der Waals surface area contributed by atoms with Crippen molar-refractivity contribution < 1.29 is 4.39 Å². The van der Waals surface area contributed by atoms with Crippen LogP contribution in [0.5, 0.6) is 0 Å². The molecular weight excluding hydrogens is 368 g/mol. The third-order valence-corrected chi connectivity index (χ3v) is 4.30. The van der Waals surface area contributed by atoms with Gasteiger partial charge >= 0.3 is 0 Å². The molecule has 1 heterocycles. The third kappa shape index (κ3) is 3.79. The Morgan fingerprint density at radius 3 is 2.85 bits per heavy atom. The summed E-state index contributed by atoms with van der Waals surface area (Å²) in [5.41, 5.74) is 1.16. The maximum atomic E-state index is 13.2. The van der Waals surface area contributed by atoms with Gasteiger partial charge in [-0.1, -0.05) is 13.0 Å². The summed E-state index contributed by atoms with van der Waals surface area (Å²) in [5.74, 6) is 0.891. The Morgan fingerprint density at radius 2 is 2.25 bits per heavy atom. The van der Waals surface area contributed by atoms with Crippen LogP contribution in [0.2, 0.25) is 0 Å². The van der Waals surface area contributed by atoms with Crippen molar-refractivity contribution >= 4 is 22.6 Å². The largest absolute Gasteiger partial charge is 0.338 e. The molecule has 1 aromatic carbocycles. The lowest BCUT2D eigenvalue weighted by Crippen LogP contribution is -2.22. The van der Waals surface area contributed by atoms with Crippen LogP contribution in [-0.2, 0) is 13.5 Å². The Hall–Kier alpha value is -0.950. The molecule has 0 aliphatic heterocycles. The first-order chi connectivity index (χ1) is 9.61. The van der Waals surface area contributed by atoms with Crippen molar-refractivity contribution in [2.45, 2.75) is 25.8 Å². The van der Waals surface area contributed by atoms with Crippen molar-refractivity contribution in [3.8, 4) is 0 Å². The molecule has 1 N–H and O–H groups in total. The maximum absolute atomic E-state index is 13.2. The van der Waals surface area contributed by atoms with Gasteiger partial charge in [0.2, 0.25) is 0 Å². The fraction of sp³-hybridized carbons (Fsp3) is 0.400. The summed E-state index contributed by atoms with van der Waals surface area (Å²) in [5, 5.41) is 3.48. The zero-order valence-corrected chi connectivity index (χ0v) is 13.9. The Morgan fingerprint density at radius 1 is 1.45 bits per heavy atom.